The van der Waals surface area contributed by atoms with Crippen LogP contribution in [0, 0.1) is 23.7 Å². The number of likely N-dealkylation sites (N-methyl/N-ethyl adjacent to an activating group) is 2. The van der Waals surface area contributed by atoms with Crippen LogP contribution in [0.5, 0.6) is 11.5 Å². The number of nitrogens with zero attached hydrogens (tertiary/aromatic N) is 2. The van der Waals surface area contributed by atoms with Crippen molar-refractivity contribution in [1.82, 2.24) is 9.80 Å². The van der Waals surface area contributed by atoms with E-state index >= 15 is 0 Å². The fraction of sp³-hybridized carbons (Fsp3) is 0.674. The van der Waals surface area contributed by atoms with Gasteiger partial charge in [0.2, 0.25) is 0 Å². The monoisotopic (exact) mass is 675 g/mol. The average Bonchev–Trinajstić information content (AvgIpc) is 3.12. The lowest BCUT2D eigenvalue weighted by Crippen LogP contribution is -2.40. The Morgan fingerprint density at radius 2 is 0.959 bits per heavy atom. The van der Waals surface area contributed by atoms with Crippen molar-refractivity contribution in [3.63, 3.8) is 0 Å². The molecule has 0 spiro atoms. The minimum absolute atomic E-state index is 0.246. The van der Waals surface area contributed by atoms with Crippen LogP contribution in [-0.2, 0) is 0 Å². The Labute approximate surface area is 297 Å². The van der Waals surface area contributed by atoms with Crippen molar-refractivity contribution in [2.45, 2.75) is 97.3 Å². The highest BCUT2D eigenvalue weighted by Crippen LogP contribution is 2.58. The third-order valence-electron chi connectivity index (χ3n) is 11.6. The maximum Gasteiger partial charge on any atom is 0.119 e. The molecule has 0 unspecified atom stereocenters. The molecule has 4 aliphatic rings. The van der Waals surface area contributed by atoms with Crippen molar-refractivity contribution in [1.29, 1.82) is 0 Å². The molecule has 0 aliphatic heterocycles. The number of hydrogen-bond donors (Lipinski definition) is 2. The summed E-state index contributed by atoms with van der Waals surface area (Å²) in [7, 11) is 0. The van der Waals surface area contributed by atoms with Crippen molar-refractivity contribution in [2.75, 3.05) is 65.7 Å². The molecule has 0 amide bonds. The van der Waals surface area contributed by atoms with E-state index in [9.17, 15) is 10.2 Å². The topological polar surface area (TPSA) is 65.4 Å². The van der Waals surface area contributed by atoms with Crippen LogP contribution in [0.3, 0.4) is 0 Å². The number of hydrogen-bond acceptors (Lipinski definition) is 6. The molecule has 6 heteroatoms. The SMILES string of the molecule is CCN(CCO)CCCCCCOc1ccc(C(=C2C3CC4CC(C3)CC2C4)c2ccc(OCCCCCCN(CC)CCO)cc2)cc1. The third kappa shape index (κ3) is 11.3. The van der Waals surface area contributed by atoms with Gasteiger partial charge < -0.3 is 29.5 Å². The zero-order valence-corrected chi connectivity index (χ0v) is 30.8. The van der Waals surface area contributed by atoms with Gasteiger partial charge >= 0.3 is 0 Å². The molecule has 2 aromatic carbocycles. The van der Waals surface area contributed by atoms with Crippen LogP contribution < -0.4 is 9.47 Å². The molecule has 0 saturated heterocycles. The second-order valence-electron chi connectivity index (χ2n) is 15.0. The lowest BCUT2D eigenvalue weighted by Gasteiger charge is -2.52. The molecule has 0 radical (unpaired) electrons. The molecule has 49 heavy (non-hydrogen) atoms. The van der Waals surface area contributed by atoms with Gasteiger partial charge in [0, 0.05) is 13.1 Å². The molecule has 4 aliphatic carbocycles. The van der Waals surface area contributed by atoms with Crippen molar-refractivity contribution in [3.8, 4) is 11.5 Å². The quantitative estimate of drug-likeness (QED) is 0.109. The summed E-state index contributed by atoms with van der Waals surface area (Å²) in [5.41, 5.74) is 5.85. The van der Waals surface area contributed by atoms with E-state index in [1.165, 1.54) is 87.3 Å². The number of aliphatic hydroxyl groups is 2. The van der Waals surface area contributed by atoms with Crippen molar-refractivity contribution < 1.29 is 19.7 Å². The molecule has 6 rings (SSSR count). The lowest BCUT2D eigenvalue weighted by molar-refractivity contribution is 0.0705. The average molecular weight is 675 g/mol. The standard InChI is InChI=1S/C43H66N2O4/c1-3-44(23-25-46)21-9-5-7-11-27-48-40-17-13-36(14-18-40)42(43-38-30-34-29-35(32-38)33-39(43)31-34)37-15-19-41(20-16-37)49-28-12-8-6-10-22-45(4-2)24-26-47/h13-20,34-35,38-39,46-47H,3-12,21-33H2,1-2H3. The fourth-order valence-corrected chi connectivity index (χ4v) is 9.14. The number of allylic oxidation sites excluding steroid dienone is 1. The Balaban J connectivity index is 1.15. The van der Waals surface area contributed by atoms with Gasteiger partial charge in [0.15, 0.2) is 0 Å². The van der Waals surface area contributed by atoms with E-state index < -0.39 is 0 Å². The zero-order valence-electron chi connectivity index (χ0n) is 30.8. The van der Waals surface area contributed by atoms with Crippen LogP contribution in [0.15, 0.2) is 54.1 Å². The Bertz CT molecular complexity index is 1140. The fourth-order valence-electron chi connectivity index (χ4n) is 9.14. The first kappa shape index (κ1) is 37.9. The second kappa shape index (κ2) is 20.5. The first-order chi connectivity index (χ1) is 24.1. The number of rotatable bonds is 24. The van der Waals surface area contributed by atoms with E-state index in [2.05, 4.69) is 72.2 Å². The smallest absolute Gasteiger partial charge is 0.119 e. The molecular formula is C43H66N2O4. The Morgan fingerprint density at radius 1 is 0.551 bits per heavy atom. The third-order valence-corrected chi connectivity index (χ3v) is 11.6. The molecule has 0 atom stereocenters. The van der Waals surface area contributed by atoms with E-state index in [1.807, 2.05) is 0 Å². The molecule has 2 N–H and O–H groups in total. The molecule has 4 fully saturated rings. The summed E-state index contributed by atoms with van der Waals surface area (Å²) in [6.07, 6.45) is 16.3. The van der Waals surface area contributed by atoms with Gasteiger partial charge in [-0.3, -0.25) is 0 Å². The summed E-state index contributed by atoms with van der Waals surface area (Å²) >= 11 is 0. The predicted molar refractivity (Wildman–Crippen MR) is 202 cm³/mol. The summed E-state index contributed by atoms with van der Waals surface area (Å²) < 4.78 is 12.4. The summed E-state index contributed by atoms with van der Waals surface area (Å²) in [6, 6.07) is 17.9. The molecule has 2 aromatic rings. The molecule has 0 heterocycles. The van der Waals surface area contributed by atoms with Gasteiger partial charge in [-0.1, -0.05) is 69.4 Å². The lowest BCUT2D eigenvalue weighted by atomic mass is 9.53. The van der Waals surface area contributed by atoms with Crippen LogP contribution in [0.2, 0.25) is 0 Å². The summed E-state index contributed by atoms with van der Waals surface area (Å²) in [6.45, 7) is 12.1. The predicted octanol–water partition coefficient (Wildman–Crippen LogP) is 8.45. The van der Waals surface area contributed by atoms with Crippen molar-refractivity contribution in [2.24, 2.45) is 23.7 Å². The number of aliphatic hydroxyl groups excluding tert-OH is 2. The first-order valence-electron chi connectivity index (χ1n) is 20.0. The van der Waals surface area contributed by atoms with Crippen LogP contribution in [0.25, 0.3) is 5.57 Å². The maximum atomic E-state index is 9.19. The zero-order chi connectivity index (χ0) is 34.3. The minimum atomic E-state index is 0.246. The molecule has 4 saturated carbocycles. The Morgan fingerprint density at radius 3 is 1.35 bits per heavy atom. The van der Waals surface area contributed by atoms with Crippen LogP contribution >= 0.6 is 0 Å². The van der Waals surface area contributed by atoms with E-state index in [1.54, 1.807) is 5.57 Å². The highest BCUT2D eigenvalue weighted by molar-refractivity contribution is 5.83. The van der Waals surface area contributed by atoms with Crippen molar-refractivity contribution >= 4 is 5.57 Å². The second-order valence-corrected chi connectivity index (χ2v) is 15.0. The van der Waals surface area contributed by atoms with Gasteiger partial charge in [-0.25, -0.2) is 0 Å². The van der Waals surface area contributed by atoms with Gasteiger partial charge in [0.25, 0.3) is 0 Å². The highest BCUT2D eigenvalue weighted by atomic mass is 16.5. The largest absolute Gasteiger partial charge is 0.494 e. The van der Waals surface area contributed by atoms with Gasteiger partial charge in [-0.2, -0.15) is 0 Å². The van der Waals surface area contributed by atoms with E-state index in [4.69, 9.17) is 9.47 Å². The first-order valence-corrected chi connectivity index (χ1v) is 20.0. The highest BCUT2D eigenvalue weighted by Gasteiger charge is 2.46. The number of ether oxygens (including phenoxy) is 2. The summed E-state index contributed by atoms with van der Waals surface area (Å²) in [5.74, 6) is 5.29. The van der Waals surface area contributed by atoms with Crippen LogP contribution in [0.4, 0.5) is 0 Å². The van der Waals surface area contributed by atoms with E-state index in [-0.39, 0.29) is 13.2 Å². The molecule has 4 bridgehead atoms. The van der Waals surface area contributed by atoms with Crippen molar-refractivity contribution in [3.05, 3.63) is 65.2 Å². The van der Waals surface area contributed by atoms with Gasteiger partial charge in [0.1, 0.15) is 11.5 Å². The van der Waals surface area contributed by atoms with E-state index in [0.717, 1.165) is 100 Å². The Kier molecular flexibility index (Phi) is 15.8. The molecule has 0 aromatic heterocycles. The van der Waals surface area contributed by atoms with Gasteiger partial charge in [0.05, 0.1) is 26.4 Å². The maximum absolute atomic E-state index is 9.19. The Hall–Kier alpha value is -2.38. The number of benzene rings is 2. The molecular weight excluding hydrogens is 608 g/mol. The van der Waals surface area contributed by atoms with Gasteiger partial charge in [-0.15, -0.1) is 0 Å². The number of unbranched alkanes of at least 4 members (excludes halogenated alkanes) is 6. The van der Waals surface area contributed by atoms with Crippen LogP contribution in [-0.4, -0.2) is 85.7 Å². The molecule has 6 nitrogen and oxygen atoms in total. The van der Waals surface area contributed by atoms with Crippen LogP contribution in [0.1, 0.15) is 108 Å². The van der Waals surface area contributed by atoms with Gasteiger partial charge in [-0.05, 0) is 149 Å². The normalized spacial score (nSPS) is 21.2. The summed E-state index contributed by atoms with van der Waals surface area (Å²) in [4.78, 5) is 4.64. The van der Waals surface area contributed by atoms with E-state index in [0.29, 0.717) is 0 Å². The minimum Gasteiger partial charge on any atom is -0.494 e. The summed E-state index contributed by atoms with van der Waals surface area (Å²) in [5, 5.41) is 18.4. The molecule has 272 valence electrons.